The lowest BCUT2D eigenvalue weighted by molar-refractivity contribution is -0.0156. The van der Waals surface area contributed by atoms with Gasteiger partial charge in [-0.15, -0.1) is 0 Å². The Balaban J connectivity index is 1.55. The van der Waals surface area contributed by atoms with Gasteiger partial charge in [-0.05, 0) is 24.1 Å². The minimum atomic E-state index is 0.133. The molecule has 128 valence electrons. The van der Waals surface area contributed by atoms with Crippen LogP contribution in [0.4, 0.5) is 0 Å². The first-order chi connectivity index (χ1) is 12.3. The van der Waals surface area contributed by atoms with Crippen LogP contribution in [0.15, 0.2) is 55.0 Å². The number of hydrogen-bond donors (Lipinski definition) is 1. The molecule has 1 aliphatic heterocycles. The van der Waals surface area contributed by atoms with Crippen molar-refractivity contribution in [1.29, 1.82) is 0 Å². The molecule has 1 saturated heterocycles. The maximum atomic E-state index is 5.72. The topological polar surface area (TPSA) is 54.0 Å². The summed E-state index contributed by atoms with van der Waals surface area (Å²) in [6.45, 7) is 5.24. The maximum Gasteiger partial charge on any atom is 0.126 e. The van der Waals surface area contributed by atoms with Crippen molar-refractivity contribution in [2.24, 2.45) is 0 Å². The Morgan fingerprint density at radius 2 is 2.08 bits per heavy atom. The SMILES string of the molecule is Cc1ccc(-c2cnc([C@@H]3COCCN3Cc3cccnc3)[nH]2)cc1. The maximum absolute atomic E-state index is 5.72. The number of benzene rings is 1. The number of H-pyrrole nitrogens is 1. The summed E-state index contributed by atoms with van der Waals surface area (Å²) >= 11 is 0. The minimum absolute atomic E-state index is 0.133. The van der Waals surface area contributed by atoms with E-state index in [0.717, 1.165) is 36.8 Å². The molecular formula is C20H22N4O. The Morgan fingerprint density at radius 3 is 2.88 bits per heavy atom. The Kier molecular flexibility index (Phi) is 4.59. The monoisotopic (exact) mass is 334 g/mol. The highest BCUT2D eigenvalue weighted by Gasteiger charge is 2.27. The quantitative estimate of drug-likeness (QED) is 0.795. The van der Waals surface area contributed by atoms with E-state index in [1.54, 1.807) is 6.20 Å². The molecule has 25 heavy (non-hydrogen) atoms. The molecule has 3 aromatic rings. The van der Waals surface area contributed by atoms with Gasteiger partial charge in [0.15, 0.2) is 0 Å². The normalized spacial score (nSPS) is 18.4. The molecule has 0 radical (unpaired) electrons. The highest BCUT2D eigenvalue weighted by atomic mass is 16.5. The number of aromatic nitrogens is 3. The molecule has 0 spiro atoms. The average molecular weight is 334 g/mol. The van der Waals surface area contributed by atoms with Gasteiger partial charge in [0.25, 0.3) is 0 Å². The lowest BCUT2D eigenvalue weighted by Crippen LogP contribution is -2.39. The lowest BCUT2D eigenvalue weighted by Gasteiger charge is -2.34. The first kappa shape index (κ1) is 16.0. The van der Waals surface area contributed by atoms with Crippen LogP contribution in [0, 0.1) is 6.92 Å². The highest BCUT2D eigenvalue weighted by Crippen LogP contribution is 2.26. The third kappa shape index (κ3) is 3.62. The molecule has 1 aliphatic rings. The van der Waals surface area contributed by atoms with E-state index in [2.05, 4.69) is 57.1 Å². The van der Waals surface area contributed by atoms with Gasteiger partial charge in [-0.2, -0.15) is 0 Å². The van der Waals surface area contributed by atoms with Gasteiger partial charge in [0.1, 0.15) is 5.82 Å². The van der Waals surface area contributed by atoms with Gasteiger partial charge in [-0.1, -0.05) is 35.9 Å². The van der Waals surface area contributed by atoms with Crippen LogP contribution in [-0.2, 0) is 11.3 Å². The minimum Gasteiger partial charge on any atom is -0.378 e. The van der Waals surface area contributed by atoms with E-state index in [4.69, 9.17) is 4.74 Å². The molecule has 0 aliphatic carbocycles. The zero-order valence-corrected chi connectivity index (χ0v) is 14.4. The van der Waals surface area contributed by atoms with E-state index in [1.807, 2.05) is 18.5 Å². The fourth-order valence-corrected chi connectivity index (χ4v) is 3.19. The Labute approximate surface area is 147 Å². The molecule has 0 amide bonds. The number of rotatable bonds is 4. The van der Waals surface area contributed by atoms with Crippen LogP contribution in [0.1, 0.15) is 23.0 Å². The fourth-order valence-electron chi connectivity index (χ4n) is 3.19. The van der Waals surface area contributed by atoms with Gasteiger partial charge in [0, 0.05) is 25.5 Å². The van der Waals surface area contributed by atoms with E-state index in [0.29, 0.717) is 6.61 Å². The summed E-state index contributed by atoms with van der Waals surface area (Å²) < 4.78 is 5.72. The second-order valence-corrected chi connectivity index (χ2v) is 6.47. The van der Waals surface area contributed by atoms with Crippen LogP contribution in [0.5, 0.6) is 0 Å². The second-order valence-electron chi connectivity index (χ2n) is 6.47. The number of nitrogens with zero attached hydrogens (tertiary/aromatic N) is 3. The second kappa shape index (κ2) is 7.17. The van der Waals surface area contributed by atoms with Crippen LogP contribution in [-0.4, -0.2) is 39.6 Å². The molecule has 0 bridgehead atoms. The molecule has 5 heteroatoms. The number of nitrogens with one attached hydrogen (secondary N) is 1. The zero-order valence-electron chi connectivity index (χ0n) is 14.4. The summed E-state index contributed by atoms with van der Waals surface area (Å²) in [5, 5.41) is 0. The summed E-state index contributed by atoms with van der Waals surface area (Å²) in [6.07, 6.45) is 5.64. The summed E-state index contributed by atoms with van der Waals surface area (Å²) in [5.74, 6) is 0.958. The standard InChI is InChI=1S/C20H22N4O/c1-15-4-6-17(7-5-15)18-12-22-20(23-18)19-14-25-10-9-24(19)13-16-3-2-8-21-11-16/h2-8,11-12,19H,9-10,13-14H2,1H3,(H,22,23)/t19-/m0/s1. The number of pyridine rings is 1. The van der Waals surface area contributed by atoms with Gasteiger partial charge in [-0.25, -0.2) is 4.98 Å². The molecule has 0 saturated carbocycles. The number of aromatic amines is 1. The summed E-state index contributed by atoms with van der Waals surface area (Å²) in [5.41, 5.74) is 4.66. The van der Waals surface area contributed by atoms with Crippen molar-refractivity contribution in [2.75, 3.05) is 19.8 Å². The largest absolute Gasteiger partial charge is 0.378 e. The number of imidazole rings is 1. The molecule has 0 unspecified atom stereocenters. The number of morpholine rings is 1. The fraction of sp³-hybridized carbons (Fsp3) is 0.300. The number of aryl methyl sites for hydroxylation is 1. The zero-order chi connectivity index (χ0) is 17.1. The van der Waals surface area contributed by atoms with Gasteiger partial charge in [0.2, 0.25) is 0 Å². The Hall–Kier alpha value is -2.50. The van der Waals surface area contributed by atoms with Gasteiger partial charge in [-0.3, -0.25) is 9.88 Å². The molecule has 1 atom stereocenters. The van der Waals surface area contributed by atoms with E-state index in [9.17, 15) is 0 Å². The summed E-state index contributed by atoms with van der Waals surface area (Å²) in [7, 11) is 0. The van der Waals surface area contributed by atoms with E-state index >= 15 is 0 Å². The molecule has 1 N–H and O–H groups in total. The van der Waals surface area contributed by atoms with Crippen molar-refractivity contribution >= 4 is 0 Å². The van der Waals surface area contributed by atoms with Gasteiger partial charge >= 0.3 is 0 Å². The van der Waals surface area contributed by atoms with E-state index < -0.39 is 0 Å². The molecule has 1 aromatic carbocycles. The summed E-state index contributed by atoms with van der Waals surface area (Å²) in [4.78, 5) is 14.7. The molecule has 1 fully saturated rings. The van der Waals surface area contributed by atoms with Crippen LogP contribution in [0.3, 0.4) is 0 Å². The van der Waals surface area contributed by atoms with E-state index in [-0.39, 0.29) is 6.04 Å². The first-order valence-corrected chi connectivity index (χ1v) is 8.62. The molecule has 4 rings (SSSR count). The van der Waals surface area contributed by atoms with Crippen LogP contribution in [0.2, 0.25) is 0 Å². The number of ether oxygens (including phenoxy) is 1. The summed E-state index contributed by atoms with van der Waals surface area (Å²) in [6, 6.07) is 12.7. The van der Waals surface area contributed by atoms with Gasteiger partial charge in [0.05, 0.1) is 31.1 Å². The Morgan fingerprint density at radius 1 is 1.20 bits per heavy atom. The molecule has 3 heterocycles. The van der Waals surface area contributed by atoms with Crippen LogP contribution in [0.25, 0.3) is 11.3 Å². The lowest BCUT2D eigenvalue weighted by atomic mass is 10.1. The van der Waals surface area contributed by atoms with Crippen molar-refractivity contribution in [3.05, 3.63) is 71.9 Å². The third-order valence-electron chi connectivity index (χ3n) is 4.62. The smallest absolute Gasteiger partial charge is 0.126 e. The van der Waals surface area contributed by atoms with Crippen molar-refractivity contribution in [1.82, 2.24) is 19.9 Å². The first-order valence-electron chi connectivity index (χ1n) is 8.62. The molecule has 5 nitrogen and oxygen atoms in total. The third-order valence-corrected chi connectivity index (χ3v) is 4.62. The van der Waals surface area contributed by atoms with Crippen molar-refractivity contribution < 1.29 is 4.74 Å². The van der Waals surface area contributed by atoms with Crippen LogP contribution < -0.4 is 0 Å². The average Bonchev–Trinajstić information content (AvgIpc) is 3.14. The van der Waals surface area contributed by atoms with Crippen molar-refractivity contribution in [3.63, 3.8) is 0 Å². The number of hydrogen-bond acceptors (Lipinski definition) is 4. The Bertz CT molecular complexity index is 813. The van der Waals surface area contributed by atoms with Crippen molar-refractivity contribution in [3.8, 4) is 11.3 Å². The van der Waals surface area contributed by atoms with Crippen LogP contribution >= 0.6 is 0 Å². The van der Waals surface area contributed by atoms with Crippen molar-refractivity contribution in [2.45, 2.75) is 19.5 Å². The molecular weight excluding hydrogens is 312 g/mol. The highest BCUT2D eigenvalue weighted by molar-refractivity contribution is 5.58. The molecule has 2 aromatic heterocycles. The van der Waals surface area contributed by atoms with Gasteiger partial charge < -0.3 is 9.72 Å². The predicted octanol–water partition coefficient (Wildman–Crippen LogP) is 3.35. The predicted molar refractivity (Wildman–Crippen MR) is 97.0 cm³/mol. The van der Waals surface area contributed by atoms with E-state index in [1.165, 1.54) is 11.1 Å².